The molecule has 1 aliphatic heterocycles. The quantitative estimate of drug-likeness (QED) is 0.677. The summed E-state index contributed by atoms with van der Waals surface area (Å²) in [5.41, 5.74) is 1.15. The number of carbonyl (C=O) groups excluding carboxylic acids is 2. The van der Waals surface area contributed by atoms with Gasteiger partial charge in [-0.15, -0.1) is 0 Å². The summed E-state index contributed by atoms with van der Waals surface area (Å²) in [6.45, 7) is 3.33. The van der Waals surface area contributed by atoms with Crippen LogP contribution < -0.4 is 15.4 Å². The monoisotopic (exact) mass is 450 g/mol. The predicted octanol–water partition coefficient (Wildman–Crippen LogP) is 3.20. The lowest BCUT2D eigenvalue weighted by Gasteiger charge is -2.33. The molecule has 2 amide bonds. The molecule has 160 valence electrons. The van der Waals surface area contributed by atoms with E-state index in [2.05, 4.69) is 20.4 Å². The first kappa shape index (κ1) is 22.4. The van der Waals surface area contributed by atoms with Crippen molar-refractivity contribution in [3.8, 4) is 5.75 Å². The van der Waals surface area contributed by atoms with Crippen LogP contribution in [0.25, 0.3) is 0 Å². The Morgan fingerprint density at radius 3 is 2.03 bits per heavy atom. The largest absolute Gasteiger partial charge is 0.495 e. The lowest BCUT2D eigenvalue weighted by molar-refractivity contribution is -0.120. The summed E-state index contributed by atoms with van der Waals surface area (Å²) in [7, 11) is 1.54. The van der Waals surface area contributed by atoms with E-state index in [0.29, 0.717) is 53.3 Å². The fraction of sp³-hybridized carbons (Fsp3) is 0.333. The van der Waals surface area contributed by atoms with E-state index in [4.69, 9.17) is 27.9 Å². The Morgan fingerprint density at radius 2 is 1.47 bits per heavy atom. The zero-order chi connectivity index (χ0) is 21.5. The Kier molecular flexibility index (Phi) is 7.93. The predicted molar refractivity (Wildman–Crippen MR) is 120 cm³/mol. The van der Waals surface area contributed by atoms with Crippen molar-refractivity contribution >= 4 is 46.4 Å². The van der Waals surface area contributed by atoms with Crippen molar-refractivity contribution in [2.45, 2.75) is 0 Å². The maximum Gasteiger partial charge on any atom is 0.238 e. The molecule has 2 aromatic carbocycles. The number of benzene rings is 2. The summed E-state index contributed by atoms with van der Waals surface area (Å²) in [4.78, 5) is 28.8. The average Bonchev–Trinajstić information content (AvgIpc) is 2.71. The Labute approximate surface area is 185 Å². The maximum atomic E-state index is 12.4. The molecule has 0 radical (unpaired) electrons. The van der Waals surface area contributed by atoms with Crippen molar-refractivity contribution in [3.63, 3.8) is 0 Å². The Balaban J connectivity index is 1.43. The number of nitrogens with zero attached hydrogens (tertiary/aromatic N) is 2. The summed E-state index contributed by atoms with van der Waals surface area (Å²) in [6.07, 6.45) is 0. The molecule has 0 aromatic heterocycles. The normalized spacial score (nSPS) is 14.9. The molecule has 30 heavy (non-hydrogen) atoms. The number of hydrogen-bond acceptors (Lipinski definition) is 5. The van der Waals surface area contributed by atoms with Crippen LogP contribution in [0.1, 0.15) is 0 Å². The molecule has 9 heteroatoms. The summed E-state index contributed by atoms with van der Waals surface area (Å²) >= 11 is 12.1. The van der Waals surface area contributed by atoms with Crippen LogP contribution in [0.5, 0.6) is 5.75 Å². The van der Waals surface area contributed by atoms with Crippen LogP contribution in [-0.4, -0.2) is 68.0 Å². The number of anilines is 2. The summed E-state index contributed by atoms with van der Waals surface area (Å²) in [5, 5.41) is 6.71. The third kappa shape index (κ3) is 6.34. The van der Waals surface area contributed by atoms with E-state index in [1.807, 2.05) is 12.1 Å². The number of amides is 2. The highest BCUT2D eigenvalue weighted by Crippen LogP contribution is 2.27. The van der Waals surface area contributed by atoms with Crippen LogP contribution in [0.2, 0.25) is 10.0 Å². The van der Waals surface area contributed by atoms with Crippen LogP contribution in [0, 0.1) is 0 Å². The highest BCUT2D eigenvalue weighted by atomic mass is 35.5. The summed E-state index contributed by atoms with van der Waals surface area (Å²) < 4.78 is 5.25. The maximum absolute atomic E-state index is 12.4. The molecule has 7 nitrogen and oxygen atoms in total. The molecular weight excluding hydrogens is 427 g/mol. The van der Waals surface area contributed by atoms with Crippen LogP contribution in [-0.2, 0) is 9.59 Å². The van der Waals surface area contributed by atoms with Gasteiger partial charge in [-0.2, -0.15) is 0 Å². The van der Waals surface area contributed by atoms with Gasteiger partial charge in [-0.1, -0.05) is 35.3 Å². The second-order valence-electron chi connectivity index (χ2n) is 6.97. The lowest BCUT2D eigenvalue weighted by Crippen LogP contribution is -2.50. The standard InChI is InChI=1S/C21H24Cl2N4O3/c1-30-19-7-6-15(22)12-18(19)25-21(29)14-27-10-8-26(9-11-27)13-20(28)24-17-5-3-2-4-16(17)23/h2-7,12H,8-11,13-14H2,1H3,(H,24,28)(H,25,29). The Bertz CT molecular complexity index is 902. The van der Waals surface area contributed by atoms with E-state index < -0.39 is 0 Å². The molecule has 0 unspecified atom stereocenters. The minimum Gasteiger partial charge on any atom is -0.495 e. The number of carbonyl (C=O) groups is 2. The molecule has 1 fully saturated rings. The van der Waals surface area contributed by atoms with Gasteiger partial charge in [0, 0.05) is 31.2 Å². The van der Waals surface area contributed by atoms with Crippen molar-refractivity contribution < 1.29 is 14.3 Å². The van der Waals surface area contributed by atoms with E-state index in [1.165, 1.54) is 0 Å². The van der Waals surface area contributed by atoms with E-state index in [-0.39, 0.29) is 24.9 Å². The third-order valence-electron chi connectivity index (χ3n) is 4.78. The summed E-state index contributed by atoms with van der Waals surface area (Å²) in [6, 6.07) is 12.2. The molecule has 1 heterocycles. The van der Waals surface area contributed by atoms with Crippen molar-refractivity contribution in [2.24, 2.45) is 0 Å². The molecule has 0 aliphatic carbocycles. The van der Waals surface area contributed by atoms with Gasteiger partial charge in [0.05, 0.1) is 36.6 Å². The van der Waals surface area contributed by atoms with Crippen LogP contribution in [0.15, 0.2) is 42.5 Å². The molecule has 2 aromatic rings. The van der Waals surface area contributed by atoms with Gasteiger partial charge in [-0.3, -0.25) is 19.4 Å². The van der Waals surface area contributed by atoms with Gasteiger partial charge >= 0.3 is 0 Å². The molecule has 0 bridgehead atoms. The zero-order valence-corrected chi connectivity index (χ0v) is 18.2. The summed E-state index contributed by atoms with van der Waals surface area (Å²) in [5.74, 6) is 0.310. The van der Waals surface area contributed by atoms with Crippen molar-refractivity contribution in [2.75, 3.05) is 57.0 Å². The molecule has 1 aliphatic rings. The number of halogens is 2. The fourth-order valence-corrected chi connectivity index (χ4v) is 3.59. The van der Waals surface area contributed by atoms with Gasteiger partial charge in [-0.05, 0) is 30.3 Å². The number of methoxy groups -OCH3 is 1. The first-order valence-electron chi connectivity index (χ1n) is 9.57. The van der Waals surface area contributed by atoms with Gasteiger partial charge in [0.25, 0.3) is 0 Å². The van der Waals surface area contributed by atoms with Gasteiger partial charge in [0.15, 0.2) is 0 Å². The molecule has 0 saturated carbocycles. The lowest BCUT2D eigenvalue weighted by atomic mass is 10.2. The zero-order valence-electron chi connectivity index (χ0n) is 16.7. The highest BCUT2D eigenvalue weighted by molar-refractivity contribution is 6.33. The Hall–Kier alpha value is -2.32. The molecule has 2 N–H and O–H groups in total. The smallest absolute Gasteiger partial charge is 0.238 e. The number of hydrogen-bond donors (Lipinski definition) is 2. The van der Waals surface area contributed by atoms with E-state index in [1.54, 1.807) is 37.4 Å². The van der Waals surface area contributed by atoms with Crippen LogP contribution in [0.4, 0.5) is 11.4 Å². The SMILES string of the molecule is COc1ccc(Cl)cc1NC(=O)CN1CCN(CC(=O)Nc2ccccc2Cl)CC1. The number of para-hydroxylation sites is 1. The first-order valence-corrected chi connectivity index (χ1v) is 10.3. The fourth-order valence-electron chi connectivity index (χ4n) is 3.23. The van der Waals surface area contributed by atoms with Crippen molar-refractivity contribution in [1.82, 2.24) is 9.80 Å². The average molecular weight is 451 g/mol. The van der Waals surface area contributed by atoms with Gasteiger partial charge in [-0.25, -0.2) is 0 Å². The highest BCUT2D eigenvalue weighted by Gasteiger charge is 2.21. The number of piperazine rings is 1. The first-order chi connectivity index (χ1) is 14.4. The van der Waals surface area contributed by atoms with Crippen molar-refractivity contribution in [1.29, 1.82) is 0 Å². The van der Waals surface area contributed by atoms with Crippen molar-refractivity contribution in [3.05, 3.63) is 52.5 Å². The third-order valence-corrected chi connectivity index (χ3v) is 5.35. The molecule has 1 saturated heterocycles. The van der Waals surface area contributed by atoms with Gasteiger partial charge < -0.3 is 15.4 Å². The second-order valence-corrected chi connectivity index (χ2v) is 7.82. The van der Waals surface area contributed by atoms with Gasteiger partial charge in [0.2, 0.25) is 11.8 Å². The van der Waals surface area contributed by atoms with E-state index in [9.17, 15) is 9.59 Å². The van der Waals surface area contributed by atoms with Crippen LogP contribution in [0.3, 0.4) is 0 Å². The van der Waals surface area contributed by atoms with E-state index in [0.717, 1.165) is 0 Å². The topological polar surface area (TPSA) is 73.9 Å². The molecular formula is C21H24Cl2N4O3. The number of nitrogens with one attached hydrogen (secondary N) is 2. The molecule has 0 spiro atoms. The van der Waals surface area contributed by atoms with E-state index >= 15 is 0 Å². The second kappa shape index (κ2) is 10.6. The Morgan fingerprint density at radius 1 is 0.900 bits per heavy atom. The van der Waals surface area contributed by atoms with Gasteiger partial charge in [0.1, 0.15) is 5.75 Å². The number of ether oxygens (including phenoxy) is 1. The minimum atomic E-state index is -0.138. The molecule has 0 atom stereocenters. The minimum absolute atomic E-state index is 0.109. The number of rotatable bonds is 7. The molecule has 3 rings (SSSR count). The van der Waals surface area contributed by atoms with Crippen LogP contribution >= 0.6 is 23.2 Å².